The number of hydrogen-bond donors (Lipinski definition) is 2. The zero-order valence-corrected chi connectivity index (χ0v) is 13.0. The Balaban J connectivity index is 1.58. The second-order valence-corrected chi connectivity index (χ2v) is 6.37. The minimum Gasteiger partial charge on any atom is -0.508 e. The molecule has 0 fully saturated rings. The van der Waals surface area contributed by atoms with E-state index in [1.54, 1.807) is 23.9 Å². The molecule has 2 N–H and O–H groups in total. The van der Waals surface area contributed by atoms with Crippen LogP contribution in [-0.4, -0.2) is 15.1 Å². The van der Waals surface area contributed by atoms with Gasteiger partial charge >= 0.3 is 0 Å². The van der Waals surface area contributed by atoms with Gasteiger partial charge in [0.1, 0.15) is 11.6 Å². The molecular weight excluding hydrogens is 304 g/mol. The van der Waals surface area contributed by atoms with Crippen LogP contribution in [-0.2, 0) is 0 Å². The number of aromatic hydroxyl groups is 1. The Morgan fingerprint density at radius 2 is 1.43 bits per heavy atom. The lowest BCUT2D eigenvalue weighted by Crippen LogP contribution is -1.80. The molecule has 23 heavy (non-hydrogen) atoms. The Bertz CT molecular complexity index is 910. The van der Waals surface area contributed by atoms with Gasteiger partial charge in [0.15, 0.2) is 0 Å². The smallest absolute Gasteiger partial charge is 0.138 e. The predicted octanol–water partition coefficient (Wildman–Crippen LogP) is 5.09. The Morgan fingerprint density at radius 1 is 0.783 bits per heavy atom. The van der Waals surface area contributed by atoms with E-state index in [1.807, 2.05) is 36.4 Å². The summed E-state index contributed by atoms with van der Waals surface area (Å²) >= 11 is 1.66. The molecule has 0 spiro atoms. The van der Waals surface area contributed by atoms with Crippen LogP contribution in [0.4, 0.5) is 0 Å². The van der Waals surface area contributed by atoms with Crippen LogP contribution in [0.5, 0.6) is 5.75 Å². The van der Waals surface area contributed by atoms with Gasteiger partial charge in [0, 0.05) is 15.4 Å². The maximum Gasteiger partial charge on any atom is 0.138 e. The number of fused-ring (bicyclic) bond motifs is 1. The molecule has 0 aliphatic carbocycles. The van der Waals surface area contributed by atoms with E-state index >= 15 is 0 Å². The number of benzene rings is 3. The summed E-state index contributed by atoms with van der Waals surface area (Å²) in [5.74, 6) is 1.17. The Morgan fingerprint density at radius 3 is 2.13 bits per heavy atom. The van der Waals surface area contributed by atoms with Gasteiger partial charge in [0.25, 0.3) is 0 Å². The van der Waals surface area contributed by atoms with Crippen molar-refractivity contribution in [3.05, 3.63) is 72.8 Å². The zero-order valence-electron chi connectivity index (χ0n) is 12.2. The molecule has 0 atom stereocenters. The number of rotatable bonds is 3. The first-order valence-corrected chi connectivity index (χ1v) is 8.12. The highest BCUT2D eigenvalue weighted by molar-refractivity contribution is 7.99. The lowest BCUT2D eigenvalue weighted by Gasteiger charge is -2.03. The summed E-state index contributed by atoms with van der Waals surface area (Å²) in [6, 6.07) is 23.6. The van der Waals surface area contributed by atoms with Crippen LogP contribution in [0.25, 0.3) is 22.4 Å². The van der Waals surface area contributed by atoms with Crippen LogP contribution in [0, 0.1) is 0 Å². The fourth-order valence-corrected chi connectivity index (χ4v) is 3.24. The standard InChI is InChI=1S/C19H14N2OS/c22-14-7-11-16(12-8-14)23-15-9-5-13(6-10-15)19-20-17-3-1-2-4-18(17)21-19/h1-12,22H,(H,20,21). The van der Waals surface area contributed by atoms with Gasteiger partial charge in [-0.15, -0.1) is 0 Å². The maximum atomic E-state index is 9.33. The summed E-state index contributed by atoms with van der Waals surface area (Å²) in [7, 11) is 0. The van der Waals surface area contributed by atoms with Crippen molar-refractivity contribution >= 4 is 22.8 Å². The highest BCUT2D eigenvalue weighted by Gasteiger charge is 2.05. The van der Waals surface area contributed by atoms with Gasteiger partial charge < -0.3 is 10.1 Å². The molecular formula is C19H14N2OS. The molecule has 4 aromatic rings. The van der Waals surface area contributed by atoms with Gasteiger partial charge in [0.05, 0.1) is 11.0 Å². The van der Waals surface area contributed by atoms with E-state index in [2.05, 4.69) is 34.2 Å². The predicted molar refractivity (Wildman–Crippen MR) is 93.8 cm³/mol. The lowest BCUT2D eigenvalue weighted by molar-refractivity contribution is 0.475. The van der Waals surface area contributed by atoms with Crippen molar-refractivity contribution in [2.24, 2.45) is 0 Å². The molecule has 0 aliphatic heterocycles. The first kappa shape index (κ1) is 13.9. The van der Waals surface area contributed by atoms with Gasteiger partial charge in [0.2, 0.25) is 0 Å². The molecule has 0 saturated carbocycles. The average molecular weight is 318 g/mol. The van der Waals surface area contributed by atoms with E-state index in [9.17, 15) is 5.11 Å². The largest absolute Gasteiger partial charge is 0.508 e. The van der Waals surface area contributed by atoms with Gasteiger partial charge in [-0.25, -0.2) is 4.98 Å². The van der Waals surface area contributed by atoms with E-state index < -0.39 is 0 Å². The number of phenols is 1. The summed E-state index contributed by atoms with van der Waals surface area (Å²) in [4.78, 5) is 10.2. The number of para-hydroxylation sites is 2. The first-order valence-electron chi connectivity index (χ1n) is 7.30. The lowest BCUT2D eigenvalue weighted by atomic mass is 10.2. The molecule has 0 amide bonds. The first-order chi connectivity index (χ1) is 11.3. The number of aromatic amines is 1. The van der Waals surface area contributed by atoms with Crippen molar-refractivity contribution in [3.8, 4) is 17.1 Å². The Labute approximate surface area is 138 Å². The Kier molecular flexibility index (Phi) is 3.52. The summed E-state index contributed by atoms with van der Waals surface area (Å²) in [6.45, 7) is 0. The Hall–Kier alpha value is -2.72. The summed E-state index contributed by atoms with van der Waals surface area (Å²) in [6.07, 6.45) is 0. The minimum atomic E-state index is 0.287. The molecule has 1 heterocycles. The molecule has 0 bridgehead atoms. The van der Waals surface area contributed by atoms with Gasteiger partial charge in [-0.3, -0.25) is 0 Å². The molecule has 3 nitrogen and oxygen atoms in total. The third-order valence-corrected chi connectivity index (χ3v) is 4.61. The van der Waals surface area contributed by atoms with Crippen LogP contribution < -0.4 is 0 Å². The number of phenolic OH excluding ortho intramolecular Hbond substituents is 1. The molecule has 4 heteroatoms. The fraction of sp³-hybridized carbons (Fsp3) is 0. The molecule has 0 unspecified atom stereocenters. The zero-order chi connectivity index (χ0) is 15.6. The number of aromatic nitrogens is 2. The van der Waals surface area contributed by atoms with Crippen molar-refractivity contribution in [2.75, 3.05) is 0 Å². The van der Waals surface area contributed by atoms with Crippen LogP contribution in [0.15, 0.2) is 82.6 Å². The molecule has 4 rings (SSSR count). The second kappa shape index (κ2) is 5.82. The quantitative estimate of drug-likeness (QED) is 0.553. The molecule has 0 saturated heterocycles. The van der Waals surface area contributed by atoms with Crippen LogP contribution in [0.1, 0.15) is 0 Å². The SMILES string of the molecule is Oc1ccc(Sc2ccc(-c3nc4ccccc4[nH]3)cc2)cc1. The van der Waals surface area contributed by atoms with E-state index in [-0.39, 0.29) is 5.75 Å². The van der Waals surface area contributed by atoms with E-state index in [0.717, 1.165) is 32.2 Å². The molecule has 0 radical (unpaired) electrons. The van der Waals surface area contributed by atoms with E-state index in [0.29, 0.717) is 0 Å². The van der Waals surface area contributed by atoms with E-state index in [4.69, 9.17) is 0 Å². The highest BCUT2D eigenvalue weighted by Crippen LogP contribution is 2.30. The summed E-state index contributed by atoms with van der Waals surface area (Å²) < 4.78 is 0. The number of nitrogens with one attached hydrogen (secondary N) is 1. The van der Waals surface area contributed by atoms with Gasteiger partial charge in [-0.1, -0.05) is 36.0 Å². The van der Waals surface area contributed by atoms with Gasteiger partial charge in [-0.2, -0.15) is 0 Å². The van der Waals surface area contributed by atoms with Crippen molar-refractivity contribution in [3.63, 3.8) is 0 Å². The number of H-pyrrole nitrogens is 1. The highest BCUT2D eigenvalue weighted by atomic mass is 32.2. The summed E-state index contributed by atoms with van der Waals surface area (Å²) in [5, 5.41) is 9.33. The van der Waals surface area contributed by atoms with E-state index in [1.165, 1.54) is 0 Å². The van der Waals surface area contributed by atoms with Crippen molar-refractivity contribution < 1.29 is 5.11 Å². The fourth-order valence-electron chi connectivity index (χ4n) is 2.42. The van der Waals surface area contributed by atoms with Crippen LogP contribution in [0.2, 0.25) is 0 Å². The van der Waals surface area contributed by atoms with Crippen molar-refractivity contribution in [1.29, 1.82) is 0 Å². The maximum absolute atomic E-state index is 9.33. The normalized spacial score (nSPS) is 11.0. The third kappa shape index (κ3) is 2.94. The summed E-state index contributed by atoms with van der Waals surface area (Å²) in [5.41, 5.74) is 3.09. The molecule has 0 aliphatic rings. The average Bonchev–Trinajstić information content (AvgIpc) is 3.02. The topological polar surface area (TPSA) is 48.9 Å². The molecule has 1 aromatic heterocycles. The van der Waals surface area contributed by atoms with Crippen LogP contribution in [0.3, 0.4) is 0 Å². The number of imidazole rings is 1. The second-order valence-electron chi connectivity index (χ2n) is 5.22. The van der Waals surface area contributed by atoms with Gasteiger partial charge in [-0.05, 0) is 48.5 Å². The minimum absolute atomic E-state index is 0.287. The van der Waals surface area contributed by atoms with Crippen molar-refractivity contribution in [2.45, 2.75) is 9.79 Å². The van der Waals surface area contributed by atoms with Crippen molar-refractivity contribution in [1.82, 2.24) is 9.97 Å². The van der Waals surface area contributed by atoms with Crippen LogP contribution >= 0.6 is 11.8 Å². The molecule has 3 aromatic carbocycles. The third-order valence-electron chi connectivity index (χ3n) is 3.59. The molecule has 112 valence electrons. The number of nitrogens with zero attached hydrogens (tertiary/aromatic N) is 1. The monoisotopic (exact) mass is 318 g/mol. The number of hydrogen-bond acceptors (Lipinski definition) is 3.